The Hall–Kier alpha value is -3.14. The average Bonchev–Trinajstić information content (AvgIpc) is 2.56. The molecule has 0 saturated carbocycles. The lowest BCUT2D eigenvalue weighted by Crippen LogP contribution is -2.24. The normalized spacial score (nSPS) is 12.0. The Bertz CT molecular complexity index is 982. The molecule has 0 fully saturated rings. The highest BCUT2D eigenvalue weighted by Gasteiger charge is 2.23. The first kappa shape index (κ1) is 17.7. The van der Waals surface area contributed by atoms with Crippen molar-refractivity contribution < 1.29 is 19.4 Å². The van der Waals surface area contributed by atoms with Gasteiger partial charge in [0.05, 0.1) is 5.56 Å². The Balaban J connectivity index is 2.40. The Morgan fingerprint density at radius 3 is 1.77 bits per heavy atom. The molecule has 0 aliphatic carbocycles. The van der Waals surface area contributed by atoms with Gasteiger partial charge in [0.1, 0.15) is 5.60 Å². The summed E-state index contributed by atoms with van der Waals surface area (Å²) in [6.45, 7) is 5.50. The number of carboxylic acids is 1. The van der Waals surface area contributed by atoms with E-state index in [9.17, 15) is 9.59 Å². The van der Waals surface area contributed by atoms with E-state index in [1.165, 1.54) is 0 Å². The lowest BCUT2D eigenvalue weighted by molar-refractivity contribution is -0.131. The van der Waals surface area contributed by atoms with Crippen LogP contribution in [-0.4, -0.2) is 22.6 Å². The Morgan fingerprint density at radius 2 is 1.35 bits per heavy atom. The molecular weight excluding hydrogens is 328 g/mol. The fourth-order valence-electron chi connectivity index (χ4n) is 3.05. The molecule has 0 spiro atoms. The maximum absolute atomic E-state index is 12.9. The fourth-order valence-corrected chi connectivity index (χ4v) is 3.05. The topological polar surface area (TPSA) is 63.6 Å². The molecule has 132 valence electrons. The summed E-state index contributed by atoms with van der Waals surface area (Å²) in [5.41, 5.74) is 0.658. The lowest BCUT2D eigenvalue weighted by Gasteiger charge is -2.21. The van der Waals surface area contributed by atoms with E-state index >= 15 is 0 Å². The SMILES string of the molecule is CC(C)(C)OC(=O)c1c2ccccc2c(/C=C/C(=O)O)c2ccccc12. The zero-order valence-corrected chi connectivity index (χ0v) is 14.9. The van der Waals surface area contributed by atoms with E-state index < -0.39 is 17.5 Å². The molecule has 0 aliphatic heterocycles. The number of aliphatic carboxylic acids is 1. The number of rotatable bonds is 3. The van der Waals surface area contributed by atoms with Gasteiger partial charge >= 0.3 is 11.9 Å². The van der Waals surface area contributed by atoms with Crippen molar-refractivity contribution in [2.75, 3.05) is 0 Å². The van der Waals surface area contributed by atoms with Gasteiger partial charge in [0, 0.05) is 6.08 Å². The maximum atomic E-state index is 12.9. The first-order valence-corrected chi connectivity index (χ1v) is 8.36. The second-order valence-electron chi connectivity index (χ2n) is 7.05. The van der Waals surface area contributed by atoms with Crippen molar-refractivity contribution in [3.05, 3.63) is 65.7 Å². The molecule has 0 aliphatic rings. The van der Waals surface area contributed by atoms with Crippen LogP contribution in [0, 0.1) is 0 Å². The molecule has 0 saturated heterocycles. The highest BCUT2D eigenvalue weighted by Crippen LogP contribution is 2.34. The number of esters is 1. The van der Waals surface area contributed by atoms with Crippen molar-refractivity contribution in [3.63, 3.8) is 0 Å². The van der Waals surface area contributed by atoms with E-state index in [0.29, 0.717) is 5.56 Å². The zero-order valence-electron chi connectivity index (χ0n) is 14.9. The minimum absolute atomic E-state index is 0.390. The van der Waals surface area contributed by atoms with Gasteiger partial charge in [-0.1, -0.05) is 48.5 Å². The second kappa shape index (κ2) is 6.64. The summed E-state index contributed by atoms with van der Waals surface area (Å²) >= 11 is 0. The van der Waals surface area contributed by atoms with E-state index in [0.717, 1.165) is 33.2 Å². The molecule has 4 nitrogen and oxygen atoms in total. The number of carbonyl (C=O) groups excluding carboxylic acids is 1. The molecule has 26 heavy (non-hydrogen) atoms. The highest BCUT2D eigenvalue weighted by atomic mass is 16.6. The highest BCUT2D eigenvalue weighted by molar-refractivity contribution is 6.20. The van der Waals surface area contributed by atoms with E-state index in [1.54, 1.807) is 6.08 Å². The predicted molar refractivity (Wildman–Crippen MR) is 103 cm³/mol. The summed E-state index contributed by atoms with van der Waals surface area (Å²) < 4.78 is 5.63. The lowest BCUT2D eigenvalue weighted by atomic mass is 9.91. The zero-order chi connectivity index (χ0) is 18.9. The van der Waals surface area contributed by atoms with Crippen molar-refractivity contribution in [1.29, 1.82) is 0 Å². The molecule has 1 N–H and O–H groups in total. The minimum Gasteiger partial charge on any atom is -0.478 e. The molecule has 3 aromatic carbocycles. The van der Waals surface area contributed by atoms with Crippen LogP contribution in [0.5, 0.6) is 0 Å². The van der Waals surface area contributed by atoms with Gasteiger partial charge in [0.15, 0.2) is 0 Å². The van der Waals surface area contributed by atoms with Gasteiger partial charge < -0.3 is 9.84 Å². The second-order valence-corrected chi connectivity index (χ2v) is 7.05. The number of ether oxygens (including phenoxy) is 1. The van der Waals surface area contributed by atoms with Crippen LogP contribution in [0.3, 0.4) is 0 Å². The molecule has 3 rings (SSSR count). The number of carbonyl (C=O) groups is 2. The summed E-state index contributed by atoms with van der Waals surface area (Å²) in [5.74, 6) is -1.41. The summed E-state index contributed by atoms with van der Waals surface area (Å²) in [5, 5.41) is 12.1. The van der Waals surface area contributed by atoms with E-state index in [-0.39, 0.29) is 0 Å². The van der Waals surface area contributed by atoms with Crippen LogP contribution < -0.4 is 0 Å². The Labute approximate surface area is 151 Å². The molecule has 0 unspecified atom stereocenters. The van der Waals surface area contributed by atoms with Gasteiger partial charge in [-0.15, -0.1) is 0 Å². The van der Waals surface area contributed by atoms with Crippen LogP contribution in [-0.2, 0) is 9.53 Å². The average molecular weight is 348 g/mol. The molecule has 0 aromatic heterocycles. The molecule has 0 atom stereocenters. The smallest absolute Gasteiger partial charge is 0.339 e. The molecule has 4 heteroatoms. The van der Waals surface area contributed by atoms with Crippen LogP contribution in [0.25, 0.3) is 27.6 Å². The molecule has 0 radical (unpaired) electrons. The van der Waals surface area contributed by atoms with Crippen molar-refractivity contribution in [2.24, 2.45) is 0 Å². The van der Waals surface area contributed by atoms with Crippen LogP contribution in [0.15, 0.2) is 54.6 Å². The first-order valence-electron chi connectivity index (χ1n) is 8.36. The Morgan fingerprint density at radius 1 is 0.885 bits per heavy atom. The first-order chi connectivity index (χ1) is 12.3. The van der Waals surface area contributed by atoms with E-state index in [1.807, 2.05) is 69.3 Å². The van der Waals surface area contributed by atoms with Crippen molar-refractivity contribution in [3.8, 4) is 0 Å². The Kier molecular flexibility index (Phi) is 4.51. The van der Waals surface area contributed by atoms with Crippen LogP contribution in [0.4, 0.5) is 0 Å². The summed E-state index contributed by atoms with van der Waals surface area (Å²) in [7, 11) is 0. The van der Waals surface area contributed by atoms with Gasteiger partial charge in [-0.3, -0.25) is 0 Å². The summed E-state index contributed by atoms with van der Waals surface area (Å²) in [6, 6.07) is 14.9. The number of benzene rings is 3. The van der Waals surface area contributed by atoms with Gasteiger partial charge in [0.2, 0.25) is 0 Å². The van der Waals surface area contributed by atoms with Gasteiger partial charge in [-0.25, -0.2) is 9.59 Å². The molecule has 0 bridgehead atoms. The number of carboxylic acid groups (broad SMARTS) is 1. The fraction of sp³-hybridized carbons (Fsp3) is 0.182. The van der Waals surface area contributed by atoms with Crippen molar-refractivity contribution in [2.45, 2.75) is 26.4 Å². The minimum atomic E-state index is -1.02. The van der Waals surface area contributed by atoms with E-state index in [2.05, 4.69) is 0 Å². The van der Waals surface area contributed by atoms with Gasteiger partial charge in [-0.05, 0) is 54.0 Å². The van der Waals surface area contributed by atoms with Crippen LogP contribution in [0.1, 0.15) is 36.7 Å². The third kappa shape index (κ3) is 3.45. The molecule has 3 aromatic rings. The summed E-state index contributed by atoms with van der Waals surface area (Å²) in [4.78, 5) is 23.9. The molecule has 0 amide bonds. The third-order valence-electron chi connectivity index (χ3n) is 3.97. The van der Waals surface area contributed by atoms with Crippen LogP contribution >= 0.6 is 0 Å². The van der Waals surface area contributed by atoms with Gasteiger partial charge in [0.25, 0.3) is 0 Å². The number of fused-ring (bicyclic) bond motifs is 2. The quantitative estimate of drug-likeness (QED) is 0.409. The predicted octanol–water partition coefficient (Wildman–Crippen LogP) is 5.05. The standard InChI is InChI=1S/C22H20O4/c1-22(2,3)26-21(25)20-17-10-6-4-8-14(17)16(12-13-19(23)24)15-9-5-7-11-18(15)20/h4-13H,1-3H3,(H,23,24)/b13-12+. The molecular formula is C22H20O4. The monoisotopic (exact) mass is 348 g/mol. The number of hydrogen-bond donors (Lipinski definition) is 1. The third-order valence-corrected chi connectivity index (χ3v) is 3.97. The van der Waals surface area contributed by atoms with Gasteiger partial charge in [-0.2, -0.15) is 0 Å². The summed E-state index contributed by atoms with van der Waals surface area (Å²) in [6.07, 6.45) is 2.69. The molecule has 0 heterocycles. The largest absolute Gasteiger partial charge is 0.478 e. The maximum Gasteiger partial charge on any atom is 0.339 e. The number of hydrogen-bond acceptors (Lipinski definition) is 3. The van der Waals surface area contributed by atoms with Crippen molar-refractivity contribution >= 4 is 39.6 Å². The van der Waals surface area contributed by atoms with Crippen molar-refractivity contribution in [1.82, 2.24) is 0 Å². The van der Waals surface area contributed by atoms with Crippen LogP contribution in [0.2, 0.25) is 0 Å². The van der Waals surface area contributed by atoms with E-state index in [4.69, 9.17) is 9.84 Å².